The van der Waals surface area contributed by atoms with E-state index in [9.17, 15) is 14.0 Å². The molecule has 1 amide bonds. The Morgan fingerprint density at radius 1 is 1.42 bits per heavy atom. The molecule has 0 aliphatic rings. The van der Waals surface area contributed by atoms with E-state index in [1.165, 1.54) is 18.2 Å². The van der Waals surface area contributed by atoms with E-state index in [1.807, 2.05) is 6.92 Å². The molecule has 0 saturated heterocycles. The number of amides is 1. The van der Waals surface area contributed by atoms with Crippen molar-refractivity contribution in [2.75, 3.05) is 0 Å². The summed E-state index contributed by atoms with van der Waals surface area (Å²) in [5, 5.41) is 11.6. The molecular formula is C14H18FNO3. The van der Waals surface area contributed by atoms with Crippen molar-refractivity contribution in [3.05, 3.63) is 35.1 Å². The summed E-state index contributed by atoms with van der Waals surface area (Å²) in [6, 6.07) is 2.84. The van der Waals surface area contributed by atoms with Crippen molar-refractivity contribution in [2.45, 2.75) is 33.2 Å². The Morgan fingerprint density at radius 2 is 2.05 bits per heavy atom. The van der Waals surface area contributed by atoms with Crippen LogP contribution in [0.1, 0.15) is 36.2 Å². The van der Waals surface area contributed by atoms with Gasteiger partial charge >= 0.3 is 5.97 Å². The lowest BCUT2D eigenvalue weighted by Gasteiger charge is -2.20. The molecule has 0 fully saturated rings. The van der Waals surface area contributed by atoms with Gasteiger partial charge in [-0.05, 0) is 36.6 Å². The summed E-state index contributed by atoms with van der Waals surface area (Å²) in [6.07, 6.45) is 0.639. The van der Waals surface area contributed by atoms with Gasteiger partial charge in [-0.2, -0.15) is 0 Å². The van der Waals surface area contributed by atoms with Crippen LogP contribution in [0, 0.1) is 18.7 Å². The lowest BCUT2D eigenvalue weighted by molar-refractivity contribution is -0.140. The van der Waals surface area contributed by atoms with E-state index >= 15 is 0 Å². The van der Waals surface area contributed by atoms with E-state index < -0.39 is 23.7 Å². The van der Waals surface area contributed by atoms with Crippen LogP contribution in [0.15, 0.2) is 18.2 Å². The summed E-state index contributed by atoms with van der Waals surface area (Å²) < 4.78 is 13.0. The number of hydrogen-bond acceptors (Lipinski definition) is 2. The predicted octanol–water partition coefficient (Wildman–Crippen LogP) is 2.36. The number of carbonyl (C=O) groups is 2. The van der Waals surface area contributed by atoms with Crippen LogP contribution in [0.2, 0.25) is 0 Å². The zero-order valence-corrected chi connectivity index (χ0v) is 11.2. The van der Waals surface area contributed by atoms with Gasteiger partial charge in [-0.1, -0.05) is 20.3 Å². The number of aryl methyl sites for hydroxylation is 1. The van der Waals surface area contributed by atoms with Crippen molar-refractivity contribution in [1.82, 2.24) is 5.32 Å². The number of carboxylic acids is 1. The Kier molecular flexibility index (Phi) is 5.03. The van der Waals surface area contributed by atoms with Gasteiger partial charge in [0.1, 0.15) is 11.9 Å². The molecule has 2 N–H and O–H groups in total. The Balaban J connectivity index is 2.91. The van der Waals surface area contributed by atoms with Crippen LogP contribution >= 0.6 is 0 Å². The molecule has 0 unspecified atom stereocenters. The van der Waals surface area contributed by atoms with Crippen LogP contribution in [0.3, 0.4) is 0 Å². The molecule has 2 atom stereocenters. The first-order chi connectivity index (χ1) is 8.86. The molecule has 0 bridgehead atoms. The van der Waals surface area contributed by atoms with E-state index in [0.29, 0.717) is 12.0 Å². The molecular weight excluding hydrogens is 249 g/mol. The lowest BCUT2D eigenvalue weighted by Crippen LogP contribution is -2.45. The molecule has 19 heavy (non-hydrogen) atoms. The molecule has 4 nitrogen and oxygen atoms in total. The molecule has 0 radical (unpaired) electrons. The van der Waals surface area contributed by atoms with Gasteiger partial charge in [-0.15, -0.1) is 0 Å². The first-order valence-electron chi connectivity index (χ1n) is 6.16. The Morgan fingerprint density at radius 3 is 2.53 bits per heavy atom. The van der Waals surface area contributed by atoms with Crippen molar-refractivity contribution in [3.8, 4) is 0 Å². The number of hydrogen-bond donors (Lipinski definition) is 2. The lowest BCUT2D eigenvalue weighted by atomic mass is 9.98. The SMILES string of the molecule is CC[C@H](C)[C@H](NC(=O)c1ccc(F)cc1C)C(=O)O. The van der Waals surface area contributed by atoms with Crippen molar-refractivity contribution in [1.29, 1.82) is 0 Å². The van der Waals surface area contributed by atoms with Gasteiger partial charge in [0.25, 0.3) is 5.91 Å². The quantitative estimate of drug-likeness (QED) is 0.860. The second kappa shape index (κ2) is 6.31. The summed E-state index contributed by atoms with van der Waals surface area (Å²) in [5.74, 6) is -2.17. The fraction of sp³-hybridized carbons (Fsp3) is 0.429. The van der Waals surface area contributed by atoms with Crippen molar-refractivity contribution in [2.24, 2.45) is 5.92 Å². The fourth-order valence-corrected chi connectivity index (χ4v) is 1.78. The maximum atomic E-state index is 13.0. The summed E-state index contributed by atoms with van der Waals surface area (Å²) in [7, 11) is 0. The molecule has 5 heteroatoms. The minimum Gasteiger partial charge on any atom is -0.480 e. The fourth-order valence-electron chi connectivity index (χ4n) is 1.78. The number of aliphatic carboxylic acids is 1. The number of benzene rings is 1. The molecule has 0 aliphatic heterocycles. The van der Waals surface area contributed by atoms with E-state index in [-0.39, 0.29) is 11.5 Å². The van der Waals surface area contributed by atoms with E-state index in [2.05, 4.69) is 5.32 Å². The second-order valence-electron chi connectivity index (χ2n) is 4.63. The third-order valence-corrected chi connectivity index (χ3v) is 3.20. The van der Waals surface area contributed by atoms with Gasteiger partial charge in [-0.25, -0.2) is 9.18 Å². The Bertz CT molecular complexity index is 488. The first-order valence-corrected chi connectivity index (χ1v) is 6.16. The molecule has 104 valence electrons. The highest BCUT2D eigenvalue weighted by atomic mass is 19.1. The van der Waals surface area contributed by atoms with Crippen molar-refractivity contribution >= 4 is 11.9 Å². The highest BCUT2D eigenvalue weighted by Gasteiger charge is 2.26. The monoisotopic (exact) mass is 267 g/mol. The normalized spacial score (nSPS) is 13.7. The number of carboxylic acid groups (broad SMARTS) is 1. The molecule has 0 aliphatic carbocycles. The summed E-state index contributed by atoms with van der Waals surface area (Å²) in [4.78, 5) is 23.1. The maximum Gasteiger partial charge on any atom is 0.326 e. The topological polar surface area (TPSA) is 66.4 Å². The minimum absolute atomic E-state index is 0.179. The van der Waals surface area contributed by atoms with Gasteiger partial charge < -0.3 is 10.4 Å². The van der Waals surface area contributed by atoms with Gasteiger partial charge in [0.05, 0.1) is 0 Å². The van der Waals surface area contributed by atoms with Gasteiger partial charge in [0, 0.05) is 5.56 Å². The van der Waals surface area contributed by atoms with E-state index in [0.717, 1.165) is 0 Å². The second-order valence-corrected chi connectivity index (χ2v) is 4.63. The minimum atomic E-state index is -1.07. The van der Waals surface area contributed by atoms with Crippen LogP contribution < -0.4 is 5.32 Å². The predicted molar refractivity (Wildman–Crippen MR) is 69.5 cm³/mol. The van der Waals surface area contributed by atoms with E-state index in [1.54, 1.807) is 13.8 Å². The maximum absolute atomic E-state index is 13.0. The third kappa shape index (κ3) is 3.77. The molecule has 1 aromatic carbocycles. The number of halogens is 1. The van der Waals surface area contributed by atoms with Crippen molar-refractivity contribution in [3.63, 3.8) is 0 Å². The molecule has 0 spiro atoms. The van der Waals surface area contributed by atoms with Crippen LogP contribution in [0.4, 0.5) is 4.39 Å². The summed E-state index contributed by atoms with van der Waals surface area (Å²) >= 11 is 0. The van der Waals surface area contributed by atoms with Crippen molar-refractivity contribution < 1.29 is 19.1 Å². The zero-order chi connectivity index (χ0) is 14.6. The number of rotatable bonds is 5. The van der Waals surface area contributed by atoms with Gasteiger partial charge in [0.2, 0.25) is 0 Å². The first kappa shape index (κ1) is 15.1. The summed E-state index contributed by atoms with van der Waals surface area (Å²) in [5.41, 5.74) is 0.766. The smallest absolute Gasteiger partial charge is 0.326 e. The Hall–Kier alpha value is -1.91. The average molecular weight is 267 g/mol. The largest absolute Gasteiger partial charge is 0.480 e. The molecule has 0 heterocycles. The standard InChI is InChI=1S/C14H18FNO3/c1-4-8(2)12(14(18)19)16-13(17)11-6-5-10(15)7-9(11)3/h5-8,12H,4H2,1-3H3,(H,16,17)(H,18,19)/t8-,12-/m0/s1. The van der Waals surface area contributed by atoms with Gasteiger partial charge in [0.15, 0.2) is 0 Å². The summed E-state index contributed by atoms with van der Waals surface area (Å²) in [6.45, 7) is 5.23. The number of nitrogens with one attached hydrogen (secondary N) is 1. The zero-order valence-electron chi connectivity index (χ0n) is 11.2. The molecule has 0 saturated carbocycles. The van der Waals surface area contributed by atoms with E-state index in [4.69, 9.17) is 5.11 Å². The molecule has 1 rings (SSSR count). The molecule has 1 aromatic rings. The Labute approximate surface area is 111 Å². The van der Waals surface area contributed by atoms with Gasteiger partial charge in [-0.3, -0.25) is 4.79 Å². The third-order valence-electron chi connectivity index (χ3n) is 3.20. The van der Waals surface area contributed by atoms with Crippen LogP contribution in [0.5, 0.6) is 0 Å². The average Bonchev–Trinajstić information content (AvgIpc) is 2.34. The van der Waals surface area contributed by atoms with Crippen LogP contribution in [-0.4, -0.2) is 23.0 Å². The van der Waals surface area contributed by atoms with Crippen LogP contribution in [0.25, 0.3) is 0 Å². The highest BCUT2D eigenvalue weighted by molar-refractivity contribution is 5.97. The van der Waals surface area contributed by atoms with Crippen LogP contribution in [-0.2, 0) is 4.79 Å². The molecule has 0 aromatic heterocycles. The highest BCUT2D eigenvalue weighted by Crippen LogP contribution is 2.13. The number of carbonyl (C=O) groups excluding carboxylic acids is 1.